The predicted molar refractivity (Wildman–Crippen MR) is 62.3 cm³/mol. The van der Waals surface area contributed by atoms with Gasteiger partial charge in [-0.25, -0.2) is 0 Å². The molecule has 1 atom stereocenters. The van der Waals surface area contributed by atoms with Crippen molar-refractivity contribution >= 4 is 11.8 Å². The average molecular weight is 213 g/mol. The Balaban J connectivity index is 2.54. The lowest BCUT2D eigenvalue weighted by Gasteiger charge is -2.13. The van der Waals surface area contributed by atoms with Crippen LogP contribution in [0.25, 0.3) is 0 Å². The minimum absolute atomic E-state index is 0.395. The van der Waals surface area contributed by atoms with Crippen molar-refractivity contribution in [1.82, 2.24) is 9.78 Å². The Morgan fingerprint density at radius 2 is 2.29 bits per heavy atom. The van der Waals surface area contributed by atoms with Gasteiger partial charge in [0.2, 0.25) is 0 Å². The molecule has 0 saturated heterocycles. The average Bonchev–Trinajstić information content (AvgIpc) is 2.53. The highest BCUT2D eigenvalue weighted by molar-refractivity contribution is 7.99. The van der Waals surface area contributed by atoms with E-state index in [0.29, 0.717) is 17.7 Å². The molecule has 1 heterocycles. The zero-order valence-electron chi connectivity index (χ0n) is 9.10. The van der Waals surface area contributed by atoms with Gasteiger partial charge in [-0.05, 0) is 11.7 Å². The van der Waals surface area contributed by atoms with Crippen molar-refractivity contribution in [3.63, 3.8) is 0 Å². The molecule has 3 nitrogen and oxygen atoms in total. The second-order valence-corrected chi connectivity index (χ2v) is 5.13. The summed E-state index contributed by atoms with van der Waals surface area (Å²) in [5, 5.41) is 4.55. The number of hydrogen-bond donors (Lipinski definition) is 1. The van der Waals surface area contributed by atoms with Gasteiger partial charge in [0.15, 0.2) is 0 Å². The molecular formula is C10H19N3S. The van der Waals surface area contributed by atoms with Crippen molar-refractivity contribution in [3.05, 3.63) is 18.0 Å². The minimum atomic E-state index is 0.395. The third-order valence-electron chi connectivity index (χ3n) is 1.94. The molecular weight excluding hydrogens is 194 g/mol. The first-order valence-corrected chi connectivity index (χ1v) is 5.98. The molecule has 0 aliphatic heterocycles. The fourth-order valence-corrected chi connectivity index (χ4v) is 2.28. The molecule has 1 rings (SSSR count). The van der Waals surface area contributed by atoms with Gasteiger partial charge < -0.3 is 5.73 Å². The summed E-state index contributed by atoms with van der Waals surface area (Å²) in [6.45, 7) is 5.14. The Labute approximate surface area is 90.1 Å². The zero-order chi connectivity index (χ0) is 10.6. The van der Waals surface area contributed by atoms with E-state index in [0.717, 1.165) is 5.75 Å². The van der Waals surface area contributed by atoms with Gasteiger partial charge in [-0.2, -0.15) is 16.9 Å². The van der Waals surface area contributed by atoms with E-state index in [4.69, 9.17) is 5.73 Å². The number of aryl methyl sites for hydroxylation is 1. The number of rotatable bonds is 5. The van der Waals surface area contributed by atoms with Crippen LogP contribution < -0.4 is 5.73 Å². The van der Waals surface area contributed by atoms with Crippen LogP contribution in [0.5, 0.6) is 0 Å². The molecule has 1 unspecified atom stereocenters. The first-order valence-electron chi connectivity index (χ1n) is 4.93. The molecule has 14 heavy (non-hydrogen) atoms. The van der Waals surface area contributed by atoms with Crippen molar-refractivity contribution in [2.45, 2.75) is 19.1 Å². The summed E-state index contributed by atoms with van der Waals surface area (Å²) in [6, 6.07) is 0. The van der Waals surface area contributed by atoms with E-state index in [1.807, 2.05) is 35.9 Å². The highest BCUT2D eigenvalue weighted by Gasteiger charge is 2.12. The molecule has 0 fully saturated rings. The van der Waals surface area contributed by atoms with Crippen molar-refractivity contribution < 1.29 is 0 Å². The van der Waals surface area contributed by atoms with Gasteiger partial charge in [0.1, 0.15) is 0 Å². The maximum absolute atomic E-state index is 5.74. The molecule has 4 heteroatoms. The highest BCUT2D eigenvalue weighted by Crippen LogP contribution is 2.28. The summed E-state index contributed by atoms with van der Waals surface area (Å²) in [4.78, 5) is 0. The molecule has 0 aromatic carbocycles. The van der Waals surface area contributed by atoms with E-state index in [2.05, 4.69) is 18.9 Å². The molecule has 0 aliphatic rings. The number of nitrogens with zero attached hydrogens (tertiary/aromatic N) is 2. The van der Waals surface area contributed by atoms with E-state index < -0.39 is 0 Å². The Morgan fingerprint density at radius 1 is 1.57 bits per heavy atom. The van der Waals surface area contributed by atoms with Crippen LogP contribution in [0.2, 0.25) is 0 Å². The van der Waals surface area contributed by atoms with Gasteiger partial charge in [0, 0.05) is 30.6 Å². The molecule has 0 amide bonds. The third kappa shape index (κ3) is 3.35. The molecule has 0 saturated carbocycles. The molecule has 0 bridgehead atoms. The molecule has 80 valence electrons. The first-order chi connectivity index (χ1) is 6.63. The SMILES string of the molecule is CC(C)CSC(CN)c1cnn(C)c1. The quantitative estimate of drug-likeness (QED) is 0.811. The fraction of sp³-hybridized carbons (Fsp3) is 0.700. The van der Waals surface area contributed by atoms with E-state index >= 15 is 0 Å². The molecule has 1 aromatic heterocycles. The highest BCUT2D eigenvalue weighted by atomic mass is 32.2. The predicted octanol–water partition coefficient (Wildman–Crippen LogP) is 1.81. The molecule has 2 N–H and O–H groups in total. The Bertz CT molecular complexity index is 270. The third-order valence-corrected chi connectivity index (χ3v) is 3.67. The van der Waals surface area contributed by atoms with Crippen molar-refractivity contribution in [2.75, 3.05) is 12.3 Å². The van der Waals surface area contributed by atoms with Crippen LogP contribution in [0.4, 0.5) is 0 Å². The zero-order valence-corrected chi connectivity index (χ0v) is 9.92. The minimum Gasteiger partial charge on any atom is -0.329 e. The lowest BCUT2D eigenvalue weighted by Crippen LogP contribution is -2.10. The summed E-state index contributed by atoms with van der Waals surface area (Å²) in [6.07, 6.45) is 3.95. The van der Waals surface area contributed by atoms with Crippen molar-refractivity contribution in [3.8, 4) is 0 Å². The van der Waals surface area contributed by atoms with Gasteiger partial charge >= 0.3 is 0 Å². The van der Waals surface area contributed by atoms with E-state index in [1.54, 1.807) is 0 Å². The first kappa shape index (κ1) is 11.6. The van der Waals surface area contributed by atoms with E-state index in [1.165, 1.54) is 5.56 Å². The lowest BCUT2D eigenvalue weighted by atomic mass is 10.2. The van der Waals surface area contributed by atoms with Gasteiger partial charge in [-0.1, -0.05) is 13.8 Å². The van der Waals surface area contributed by atoms with Crippen LogP contribution in [-0.4, -0.2) is 22.1 Å². The summed E-state index contributed by atoms with van der Waals surface area (Å²) < 4.78 is 1.83. The van der Waals surface area contributed by atoms with Crippen LogP contribution in [0.1, 0.15) is 24.7 Å². The second kappa shape index (κ2) is 5.41. The summed E-state index contributed by atoms with van der Waals surface area (Å²) in [5.74, 6) is 1.86. The van der Waals surface area contributed by atoms with Crippen LogP contribution in [0.15, 0.2) is 12.4 Å². The van der Waals surface area contributed by atoms with E-state index in [-0.39, 0.29) is 0 Å². The van der Waals surface area contributed by atoms with E-state index in [9.17, 15) is 0 Å². The van der Waals surface area contributed by atoms with Crippen LogP contribution in [-0.2, 0) is 7.05 Å². The number of aromatic nitrogens is 2. The Kier molecular flexibility index (Phi) is 4.48. The number of hydrogen-bond acceptors (Lipinski definition) is 3. The van der Waals surface area contributed by atoms with Crippen molar-refractivity contribution in [2.24, 2.45) is 18.7 Å². The lowest BCUT2D eigenvalue weighted by molar-refractivity contribution is 0.746. The molecule has 0 radical (unpaired) electrons. The van der Waals surface area contributed by atoms with Crippen LogP contribution in [0.3, 0.4) is 0 Å². The van der Waals surface area contributed by atoms with Gasteiger partial charge in [0.25, 0.3) is 0 Å². The molecule has 1 aromatic rings. The summed E-state index contributed by atoms with van der Waals surface area (Å²) >= 11 is 1.92. The maximum Gasteiger partial charge on any atom is 0.0533 e. The van der Waals surface area contributed by atoms with Crippen molar-refractivity contribution in [1.29, 1.82) is 0 Å². The van der Waals surface area contributed by atoms with Crippen LogP contribution in [0, 0.1) is 5.92 Å². The van der Waals surface area contributed by atoms with Gasteiger partial charge in [-0.3, -0.25) is 4.68 Å². The monoisotopic (exact) mass is 213 g/mol. The van der Waals surface area contributed by atoms with Gasteiger partial charge in [-0.15, -0.1) is 0 Å². The topological polar surface area (TPSA) is 43.8 Å². The second-order valence-electron chi connectivity index (χ2n) is 3.90. The smallest absolute Gasteiger partial charge is 0.0533 e. The maximum atomic E-state index is 5.74. The number of nitrogens with two attached hydrogens (primary N) is 1. The van der Waals surface area contributed by atoms with Gasteiger partial charge in [0.05, 0.1) is 6.20 Å². The largest absolute Gasteiger partial charge is 0.329 e. The Hall–Kier alpha value is -0.480. The molecule has 0 aliphatic carbocycles. The normalized spacial score (nSPS) is 13.5. The van der Waals surface area contributed by atoms with Crippen LogP contribution >= 0.6 is 11.8 Å². The molecule has 0 spiro atoms. The standard InChI is InChI=1S/C10H19N3S/c1-8(2)7-14-10(4-11)9-5-12-13(3)6-9/h5-6,8,10H,4,7,11H2,1-3H3. The summed E-state index contributed by atoms with van der Waals surface area (Å²) in [7, 11) is 1.93. The summed E-state index contributed by atoms with van der Waals surface area (Å²) in [5.41, 5.74) is 6.98. The number of thioether (sulfide) groups is 1. The Morgan fingerprint density at radius 3 is 2.71 bits per heavy atom. The fourth-order valence-electron chi connectivity index (χ4n) is 1.22.